The van der Waals surface area contributed by atoms with Crippen molar-refractivity contribution in [3.63, 3.8) is 0 Å². The average Bonchev–Trinajstić information content (AvgIpc) is 2.75. The van der Waals surface area contributed by atoms with E-state index in [9.17, 15) is 4.79 Å². The molecule has 152 valence electrons. The van der Waals surface area contributed by atoms with Gasteiger partial charge < -0.3 is 15.8 Å². The van der Waals surface area contributed by atoms with Gasteiger partial charge in [-0.25, -0.2) is 0 Å². The minimum Gasteiger partial charge on any atom is -0.496 e. The normalized spacial score (nSPS) is 15.4. The Labute approximate surface area is 173 Å². The molecule has 1 unspecified atom stereocenters. The summed E-state index contributed by atoms with van der Waals surface area (Å²) >= 11 is 0. The smallest absolute Gasteiger partial charge is 0.251 e. The SMILES string of the molecule is COc1ccccc1C(CNC(=O)c1ccc(CN)cc1)N1CCCCC1.Cl. The molecule has 28 heavy (non-hydrogen) atoms. The Balaban J connectivity index is 0.00000280. The van der Waals surface area contributed by atoms with Gasteiger partial charge in [0.1, 0.15) is 5.75 Å². The fourth-order valence-corrected chi connectivity index (χ4v) is 3.69. The van der Waals surface area contributed by atoms with Gasteiger partial charge in [-0.3, -0.25) is 9.69 Å². The lowest BCUT2D eigenvalue weighted by Crippen LogP contribution is -2.40. The van der Waals surface area contributed by atoms with Crippen molar-refractivity contribution in [1.29, 1.82) is 0 Å². The van der Waals surface area contributed by atoms with Crippen LogP contribution in [0.3, 0.4) is 0 Å². The molecular formula is C22H30ClN3O2. The predicted octanol–water partition coefficient (Wildman–Crippen LogP) is 3.53. The molecule has 1 heterocycles. The number of piperidine rings is 1. The van der Waals surface area contributed by atoms with Crippen LogP contribution in [0.4, 0.5) is 0 Å². The van der Waals surface area contributed by atoms with E-state index in [4.69, 9.17) is 10.5 Å². The first-order valence-corrected chi connectivity index (χ1v) is 9.67. The minimum atomic E-state index is -0.0597. The number of nitrogens with zero attached hydrogens (tertiary/aromatic N) is 1. The number of carbonyl (C=O) groups is 1. The fraction of sp³-hybridized carbons (Fsp3) is 0.409. The van der Waals surface area contributed by atoms with E-state index in [1.807, 2.05) is 42.5 Å². The van der Waals surface area contributed by atoms with Crippen LogP contribution in [0.2, 0.25) is 0 Å². The summed E-state index contributed by atoms with van der Waals surface area (Å²) in [5, 5.41) is 3.12. The second kappa shape index (κ2) is 11.1. The number of likely N-dealkylation sites (tertiary alicyclic amines) is 1. The number of halogens is 1. The number of hydrogen-bond acceptors (Lipinski definition) is 4. The van der Waals surface area contributed by atoms with E-state index in [1.54, 1.807) is 7.11 Å². The number of rotatable bonds is 7. The number of methoxy groups -OCH3 is 1. The Morgan fingerprint density at radius 1 is 1.11 bits per heavy atom. The maximum atomic E-state index is 12.6. The summed E-state index contributed by atoms with van der Waals surface area (Å²) in [7, 11) is 1.70. The fourth-order valence-electron chi connectivity index (χ4n) is 3.69. The number of benzene rings is 2. The predicted molar refractivity (Wildman–Crippen MR) is 115 cm³/mol. The van der Waals surface area contributed by atoms with Gasteiger partial charge in [-0.1, -0.05) is 36.8 Å². The lowest BCUT2D eigenvalue weighted by Gasteiger charge is -2.35. The second-order valence-corrected chi connectivity index (χ2v) is 6.97. The quantitative estimate of drug-likeness (QED) is 0.742. The summed E-state index contributed by atoms with van der Waals surface area (Å²) < 4.78 is 5.58. The van der Waals surface area contributed by atoms with Crippen molar-refractivity contribution >= 4 is 18.3 Å². The first kappa shape index (κ1) is 22.2. The van der Waals surface area contributed by atoms with E-state index >= 15 is 0 Å². The first-order chi connectivity index (χ1) is 13.2. The molecule has 0 aliphatic carbocycles. The average molecular weight is 404 g/mol. The number of amides is 1. The Hall–Kier alpha value is -2.08. The minimum absolute atomic E-state index is 0. The molecule has 1 aliphatic heterocycles. The van der Waals surface area contributed by atoms with Crippen molar-refractivity contribution in [3.8, 4) is 5.75 Å². The highest BCUT2D eigenvalue weighted by atomic mass is 35.5. The molecule has 5 nitrogen and oxygen atoms in total. The number of hydrogen-bond donors (Lipinski definition) is 2. The van der Waals surface area contributed by atoms with Crippen LogP contribution < -0.4 is 15.8 Å². The second-order valence-electron chi connectivity index (χ2n) is 6.97. The van der Waals surface area contributed by atoms with Crippen molar-refractivity contribution in [2.24, 2.45) is 5.73 Å². The van der Waals surface area contributed by atoms with Crippen molar-refractivity contribution in [2.75, 3.05) is 26.7 Å². The maximum absolute atomic E-state index is 12.6. The Kier molecular flexibility index (Phi) is 8.77. The molecule has 3 N–H and O–H groups in total. The van der Waals surface area contributed by atoms with Gasteiger partial charge in [0.05, 0.1) is 13.2 Å². The molecule has 1 atom stereocenters. The van der Waals surface area contributed by atoms with Gasteiger partial charge in [0.2, 0.25) is 0 Å². The Bertz CT molecular complexity index is 746. The molecule has 3 rings (SSSR count). The summed E-state index contributed by atoms with van der Waals surface area (Å²) in [5.41, 5.74) is 8.43. The highest BCUT2D eigenvalue weighted by Gasteiger charge is 2.25. The molecule has 1 amide bonds. The zero-order chi connectivity index (χ0) is 19.1. The summed E-state index contributed by atoms with van der Waals surface area (Å²) in [6, 6.07) is 15.7. The van der Waals surface area contributed by atoms with Crippen LogP contribution in [0, 0.1) is 0 Å². The van der Waals surface area contributed by atoms with Crippen molar-refractivity contribution in [1.82, 2.24) is 10.2 Å². The molecule has 1 saturated heterocycles. The van der Waals surface area contributed by atoms with Gasteiger partial charge in [0.15, 0.2) is 0 Å². The molecule has 0 radical (unpaired) electrons. The molecule has 1 fully saturated rings. The highest BCUT2D eigenvalue weighted by Crippen LogP contribution is 2.30. The van der Waals surface area contributed by atoms with E-state index < -0.39 is 0 Å². The first-order valence-electron chi connectivity index (χ1n) is 9.67. The third kappa shape index (κ3) is 5.47. The number of nitrogens with one attached hydrogen (secondary N) is 1. The Morgan fingerprint density at radius 2 is 1.79 bits per heavy atom. The molecule has 0 bridgehead atoms. The molecule has 6 heteroatoms. The summed E-state index contributed by atoms with van der Waals surface area (Å²) in [4.78, 5) is 15.1. The van der Waals surface area contributed by atoms with E-state index in [0.29, 0.717) is 18.7 Å². The topological polar surface area (TPSA) is 67.6 Å². The summed E-state index contributed by atoms with van der Waals surface area (Å²) in [5.74, 6) is 0.810. The number of ether oxygens (including phenoxy) is 1. The van der Waals surface area contributed by atoms with Gasteiger partial charge in [-0.05, 0) is 49.7 Å². The zero-order valence-electron chi connectivity index (χ0n) is 16.4. The van der Waals surface area contributed by atoms with Gasteiger partial charge in [0, 0.05) is 24.2 Å². The van der Waals surface area contributed by atoms with Gasteiger partial charge in [0.25, 0.3) is 5.91 Å². The molecule has 0 aromatic heterocycles. The molecule has 1 aliphatic rings. The van der Waals surface area contributed by atoms with Crippen molar-refractivity contribution in [2.45, 2.75) is 31.8 Å². The van der Waals surface area contributed by atoms with Gasteiger partial charge >= 0.3 is 0 Å². The van der Waals surface area contributed by atoms with Crippen LogP contribution in [0.5, 0.6) is 5.75 Å². The van der Waals surface area contributed by atoms with E-state index in [0.717, 1.165) is 30.0 Å². The van der Waals surface area contributed by atoms with Crippen LogP contribution in [-0.4, -0.2) is 37.6 Å². The van der Waals surface area contributed by atoms with Crippen molar-refractivity contribution < 1.29 is 9.53 Å². The van der Waals surface area contributed by atoms with E-state index in [-0.39, 0.29) is 24.4 Å². The van der Waals surface area contributed by atoms with Crippen LogP contribution >= 0.6 is 12.4 Å². The van der Waals surface area contributed by atoms with Crippen LogP contribution in [-0.2, 0) is 6.54 Å². The molecule has 0 saturated carbocycles. The zero-order valence-corrected chi connectivity index (χ0v) is 17.2. The summed E-state index contributed by atoms with van der Waals surface area (Å²) in [6.45, 7) is 3.12. The van der Waals surface area contributed by atoms with Gasteiger partial charge in [-0.15, -0.1) is 12.4 Å². The van der Waals surface area contributed by atoms with Crippen molar-refractivity contribution in [3.05, 3.63) is 65.2 Å². The molecule has 0 spiro atoms. The number of para-hydroxylation sites is 1. The number of carbonyl (C=O) groups excluding carboxylic acids is 1. The van der Waals surface area contributed by atoms with Gasteiger partial charge in [-0.2, -0.15) is 0 Å². The lowest BCUT2D eigenvalue weighted by molar-refractivity contribution is 0.0923. The third-order valence-corrected chi connectivity index (χ3v) is 5.24. The molecular weight excluding hydrogens is 374 g/mol. The molecule has 2 aromatic rings. The monoisotopic (exact) mass is 403 g/mol. The molecule has 2 aromatic carbocycles. The van der Waals surface area contributed by atoms with Crippen LogP contribution in [0.1, 0.15) is 46.8 Å². The third-order valence-electron chi connectivity index (χ3n) is 5.24. The van der Waals surface area contributed by atoms with Crippen LogP contribution in [0.15, 0.2) is 48.5 Å². The summed E-state index contributed by atoms with van der Waals surface area (Å²) in [6.07, 6.45) is 3.66. The maximum Gasteiger partial charge on any atom is 0.251 e. The number of nitrogens with two attached hydrogens (primary N) is 1. The highest BCUT2D eigenvalue weighted by molar-refractivity contribution is 5.94. The van der Waals surface area contributed by atoms with E-state index in [1.165, 1.54) is 19.3 Å². The largest absolute Gasteiger partial charge is 0.496 e. The Morgan fingerprint density at radius 3 is 2.43 bits per heavy atom. The van der Waals surface area contributed by atoms with Crippen LogP contribution in [0.25, 0.3) is 0 Å². The standard InChI is InChI=1S/C22H29N3O2.ClH/c1-27-21-8-4-3-7-19(21)20(25-13-5-2-6-14-25)16-24-22(26)18-11-9-17(15-23)10-12-18;/h3-4,7-12,20H,2,5-6,13-16,23H2,1H3,(H,24,26);1H. The lowest BCUT2D eigenvalue weighted by atomic mass is 10.0. The van der Waals surface area contributed by atoms with E-state index in [2.05, 4.69) is 16.3 Å².